The van der Waals surface area contributed by atoms with Crippen LogP contribution in [-0.2, 0) is 28.6 Å². The molecule has 0 aromatic heterocycles. The molecular formula is C73H126O6. The molecule has 6 heteroatoms. The van der Waals surface area contributed by atoms with Gasteiger partial charge in [-0.25, -0.2) is 0 Å². The number of unbranched alkanes of at least 4 members (excludes halogenated alkanes) is 34. The van der Waals surface area contributed by atoms with E-state index in [9.17, 15) is 14.4 Å². The van der Waals surface area contributed by atoms with E-state index < -0.39 is 6.10 Å². The minimum absolute atomic E-state index is 0.0779. The normalized spacial score (nSPS) is 12.7. The molecule has 0 aliphatic carbocycles. The summed E-state index contributed by atoms with van der Waals surface area (Å²) in [5.74, 6) is -0.879. The van der Waals surface area contributed by atoms with Crippen molar-refractivity contribution in [2.24, 2.45) is 0 Å². The Balaban J connectivity index is 4.11. The van der Waals surface area contributed by atoms with E-state index in [4.69, 9.17) is 14.2 Å². The summed E-state index contributed by atoms with van der Waals surface area (Å²) in [6, 6.07) is 0. The summed E-state index contributed by atoms with van der Waals surface area (Å²) >= 11 is 0. The Morgan fingerprint density at radius 1 is 0.266 bits per heavy atom. The Morgan fingerprint density at radius 2 is 0.506 bits per heavy atom. The van der Waals surface area contributed by atoms with E-state index in [1.807, 2.05) is 0 Å². The van der Waals surface area contributed by atoms with Gasteiger partial charge in [0.05, 0.1) is 0 Å². The minimum Gasteiger partial charge on any atom is -0.462 e. The van der Waals surface area contributed by atoms with Gasteiger partial charge in [-0.1, -0.05) is 311 Å². The van der Waals surface area contributed by atoms with E-state index in [1.165, 1.54) is 167 Å². The van der Waals surface area contributed by atoms with Gasteiger partial charge in [-0.05, 0) is 96.3 Å². The molecule has 1 atom stereocenters. The second-order valence-corrected chi connectivity index (χ2v) is 22.4. The molecule has 0 radical (unpaired) electrons. The molecule has 6 nitrogen and oxygen atoms in total. The van der Waals surface area contributed by atoms with Gasteiger partial charge in [0.25, 0.3) is 0 Å². The van der Waals surface area contributed by atoms with Gasteiger partial charge in [0.1, 0.15) is 13.2 Å². The average molecular weight is 1100 g/mol. The van der Waals surface area contributed by atoms with Gasteiger partial charge in [0.2, 0.25) is 0 Å². The number of rotatable bonds is 61. The predicted octanol–water partition coefficient (Wildman–Crippen LogP) is 23.2. The monoisotopic (exact) mass is 1100 g/mol. The lowest BCUT2D eigenvalue weighted by Gasteiger charge is -2.18. The highest BCUT2D eigenvalue weighted by molar-refractivity contribution is 5.71. The van der Waals surface area contributed by atoms with Crippen LogP contribution in [0.25, 0.3) is 0 Å². The van der Waals surface area contributed by atoms with Crippen LogP contribution in [0.5, 0.6) is 0 Å². The molecule has 0 aliphatic rings. The molecule has 0 rings (SSSR count). The topological polar surface area (TPSA) is 78.9 Å². The van der Waals surface area contributed by atoms with Crippen molar-refractivity contribution in [3.8, 4) is 0 Å². The van der Waals surface area contributed by atoms with Crippen LogP contribution in [-0.4, -0.2) is 37.2 Å². The first-order valence-electron chi connectivity index (χ1n) is 33.7. The van der Waals surface area contributed by atoms with Crippen LogP contribution in [0.15, 0.2) is 97.2 Å². The van der Waals surface area contributed by atoms with E-state index in [-0.39, 0.29) is 31.1 Å². The zero-order valence-corrected chi connectivity index (χ0v) is 52.1. The Hall–Kier alpha value is -3.67. The highest BCUT2D eigenvalue weighted by Crippen LogP contribution is 2.17. The average Bonchev–Trinajstić information content (AvgIpc) is 3.45. The predicted molar refractivity (Wildman–Crippen MR) is 344 cm³/mol. The van der Waals surface area contributed by atoms with Crippen molar-refractivity contribution in [2.75, 3.05) is 13.2 Å². The van der Waals surface area contributed by atoms with Crippen molar-refractivity contribution in [3.05, 3.63) is 97.2 Å². The van der Waals surface area contributed by atoms with Crippen LogP contribution in [0.4, 0.5) is 0 Å². The molecule has 0 N–H and O–H groups in total. The van der Waals surface area contributed by atoms with E-state index in [0.29, 0.717) is 19.3 Å². The molecule has 0 fully saturated rings. The Labute approximate surface area is 489 Å². The lowest BCUT2D eigenvalue weighted by molar-refractivity contribution is -0.167. The molecule has 0 saturated carbocycles. The zero-order valence-electron chi connectivity index (χ0n) is 52.1. The second-order valence-electron chi connectivity index (χ2n) is 22.4. The van der Waals surface area contributed by atoms with Gasteiger partial charge < -0.3 is 14.2 Å². The fourth-order valence-electron chi connectivity index (χ4n) is 9.52. The van der Waals surface area contributed by atoms with E-state index >= 15 is 0 Å². The molecule has 1 unspecified atom stereocenters. The summed E-state index contributed by atoms with van der Waals surface area (Å²) in [7, 11) is 0. The molecule has 0 saturated heterocycles. The van der Waals surface area contributed by atoms with Crippen LogP contribution in [0.3, 0.4) is 0 Å². The van der Waals surface area contributed by atoms with Gasteiger partial charge in [0.15, 0.2) is 6.10 Å². The first-order chi connectivity index (χ1) is 39.0. The van der Waals surface area contributed by atoms with Gasteiger partial charge in [-0.2, -0.15) is 0 Å². The van der Waals surface area contributed by atoms with Crippen molar-refractivity contribution >= 4 is 17.9 Å². The van der Waals surface area contributed by atoms with Gasteiger partial charge >= 0.3 is 17.9 Å². The highest BCUT2D eigenvalue weighted by Gasteiger charge is 2.19. The van der Waals surface area contributed by atoms with Crippen LogP contribution >= 0.6 is 0 Å². The van der Waals surface area contributed by atoms with Crippen molar-refractivity contribution in [2.45, 2.75) is 335 Å². The fourth-order valence-corrected chi connectivity index (χ4v) is 9.52. The van der Waals surface area contributed by atoms with E-state index in [2.05, 4.69) is 118 Å². The van der Waals surface area contributed by atoms with Gasteiger partial charge in [0, 0.05) is 19.3 Å². The van der Waals surface area contributed by atoms with E-state index in [0.717, 1.165) is 122 Å². The molecule has 0 heterocycles. The highest BCUT2D eigenvalue weighted by atomic mass is 16.6. The number of carbonyl (C=O) groups is 3. The summed E-state index contributed by atoms with van der Waals surface area (Å²) in [5, 5.41) is 0. The molecular weight excluding hydrogens is 973 g/mol. The number of allylic oxidation sites excluding steroid dienone is 16. The molecule has 0 aliphatic heterocycles. The first-order valence-corrected chi connectivity index (χ1v) is 33.7. The summed E-state index contributed by atoms with van der Waals surface area (Å²) < 4.78 is 16.9. The number of hydrogen-bond donors (Lipinski definition) is 0. The van der Waals surface area contributed by atoms with Crippen molar-refractivity contribution in [1.29, 1.82) is 0 Å². The molecule has 0 amide bonds. The summed E-state index contributed by atoms with van der Waals surface area (Å²) in [6.07, 6.45) is 90.1. The maximum atomic E-state index is 12.9. The van der Waals surface area contributed by atoms with Crippen molar-refractivity contribution in [3.63, 3.8) is 0 Å². The third kappa shape index (κ3) is 65.0. The Bertz CT molecular complexity index is 1540. The number of carbonyl (C=O) groups excluding carboxylic acids is 3. The molecule has 0 spiro atoms. The summed E-state index contributed by atoms with van der Waals surface area (Å²) in [6.45, 7) is 6.50. The number of esters is 3. The first kappa shape index (κ1) is 75.3. The Kier molecular flexibility index (Phi) is 63.7. The smallest absolute Gasteiger partial charge is 0.306 e. The van der Waals surface area contributed by atoms with E-state index in [1.54, 1.807) is 0 Å². The van der Waals surface area contributed by atoms with Gasteiger partial charge in [-0.15, -0.1) is 0 Å². The maximum absolute atomic E-state index is 12.9. The SMILES string of the molecule is CC/C=C\C/C=C\C/C=C\C/C=C\C/C=C\C/C=C\CCCCCCCCCCCCCCCCCCC(=O)OCC(COC(=O)CCCCCCCCCCCCCC)OC(=O)CCCCCCC/C=C\C/C=C\CCCC. The summed E-state index contributed by atoms with van der Waals surface area (Å²) in [4.78, 5) is 38.2. The molecule has 0 aromatic carbocycles. The molecule has 0 bridgehead atoms. The van der Waals surface area contributed by atoms with Gasteiger partial charge in [-0.3, -0.25) is 14.4 Å². The van der Waals surface area contributed by atoms with Crippen LogP contribution in [0.2, 0.25) is 0 Å². The standard InChI is InChI=1S/C73H126O6/c1-4-7-10-13-16-19-22-25-27-28-29-30-31-32-33-34-35-36-37-38-39-40-41-42-43-44-45-46-47-49-51-54-57-60-63-66-72(75)78-69-70(68-77-71(74)65-62-59-56-53-50-24-21-18-15-12-9-6-3)79-73(76)67-64-61-58-55-52-48-26-23-20-17-14-11-8-5-2/h7,10,14,16-17,19,23,25-27,29-30,32-33,35-36,70H,4-6,8-9,11-13,15,18,20-22,24,28,31,34,37-69H2,1-3H3/b10-7-,17-14-,19-16-,26-23-,27-25-,30-29-,33-32-,36-35-. The lowest BCUT2D eigenvalue weighted by atomic mass is 10.0. The quantitative estimate of drug-likeness (QED) is 0.0261. The maximum Gasteiger partial charge on any atom is 0.306 e. The summed E-state index contributed by atoms with van der Waals surface area (Å²) in [5.41, 5.74) is 0. The number of ether oxygens (including phenoxy) is 3. The second kappa shape index (κ2) is 66.8. The molecule has 0 aromatic rings. The van der Waals surface area contributed by atoms with Crippen LogP contribution in [0, 0.1) is 0 Å². The minimum atomic E-state index is -0.781. The third-order valence-corrected chi connectivity index (χ3v) is 14.6. The van der Waals surface area contributed by atoms with Crippen LogP contribution < -0.4 is 0 Å². The number of hydrogen-bond acceptors (Lipinski definition) is 6. The zero-order chi connectivity index (χ0) is 57.1. The molecule has 454 valence electrons. The van der Waals surface area contributed by atoms with Crippen molar-refractivity contribution < 1.29 is 28.6 Å². The molecule has 79 heavy (non-hydrogen) atoms. The van der Waals surface area contributed by atoms with Crippen LogP contribution in [0.1, 0.15) is 329 Å². The third-order valence-electron chi connectivity index (χ3n) is 14.6. The Morgan fingerprint density at radius 3 is 0.810 bits per heavy atom. The van der Waals surface area contributed by atoms with Crippen molar-refractivity contribution in [1.82, 2.24) is 0 Å². The largest absolute Gasteiger partial charge is 0.462 e. The fraction of sp³-hybridized carbons (Fsp3) is 0.740. The lowest BCUT2D eigenvalue weighted by Crippen LogP contribution is -2.30.